The minimum atomic E-state index is -5.12. The Labute approximate surface area is 108 Å². The molecule has 1 N–H and O–H groups in total. The Morgan fingerprint density at radius 2 is 1.72 bits per heavy atom. The topological polar surface area (TPSA) is 57.6 Å². The third-order valence-corrected chi connectivity index (χ3v) is 2.45. The van der Waals surface area contributed by atoms with Crippen molar-refractivity contribution in [2.75, 3.05) is 11.4 Å². The van der Waals surface area contributed by atoms with E-state index in [-0.39, 0.29) is 10.6 Å². The van der Waals surface area contributed by atoms with Gasteiger partial charge in [-0.3, -0.25) is 14.5 Å². The van der Waals surface area contributed by atoms with Gasteiger partial charge in [-0.15, -0.1) is 0 Å². The molecule has 0 aromatic heterocycles. The maximum Gasteiger partial charge on any atom is 0.471 e. The van der Waals surface area contributed by atoms with Crippen LogP contribution < -0.4 is 4.90 Å². The minimum Gasteiger partial charge on any atom is -0.480 e. The molecule has 0 unspecified atom stereocenters. The molecule has 0 aliphatic heterocycles. The van der Waals surface area contributed by atoms with Crippen LogP contribution in [0.25, 0.3) is 0 Å². The third kappa shape index (κ3) is 3.73. The molecule has 1 aromatic rings. The molecule has 0 spiro atoms. The molecular formula is C10H7BrF3NO3. The zero-order valence-electron chi connectivity index (χ0n) is 8.74. The summed E-state index contributed by atoms with van der Waals surface area (Å²) in [5, 5.41) is 8.54. The average Bonchev–Trinajstić information content (AvgIpc) is 2.25. The number of benzene rings is 1. The van der Waals surface area contributed by atoms with Crippen molar-refractivity contribution in [3.63, 3.8) is 0 Å². The molecule has 0 heterocycles. The Hall–Kier alpha value is -1.57. The fourth-order valence-corrected chi connectivity index (χ4v) is 1.45. The molecule has 0 saturated heterocycles. The molecule has 18 heavy (non-hydrogen) atoms. The van der Waals surface area contributed by atoms with Crippen molar-refractivity contribution in [3.05, 3.63) is 28.7 Å². The van der Waals surface area contributed by atoms with Gasteiger partial charge < -0.3 is 5.11 Å². The lowest BCUT2D eigenvalue weighted by molar-refractivity contribution is -0.170. The summed E-state index contributed by atoms with van der Waals surface area (Å²) >= 11 is 3.08. The van der Waals surface area contributed by atoms with E-state index < -0.39 is 24.6 Å². The summed E-state index contributed by atoms with van der Waals surface area (Å²) in [5.41, 5.74) is -0.136. The molecule has 1 aromatic carbocycles. The van der Waals surface area contributed by atoms with Crippen LogP contribution in [0.4, 0.5) is 18.9 Å². The number of nitrogens with zero attached hydrogens (tertiary/aromatic N) is 1. The number of aliphatic carboxylic acids is 1. The Morgan fingerprint density at radius 3 is 2.11 bits per heavy atom. The van der Waals surface area contributed by atoms with E-state index in [4.69, 9.17) is 5.11 Å². The van der Waals surface area contributed by atoms with Gasteiger partial charge in [0.15, 0.2) is 0 Å². The van der Waals surface area contributed by atoms with Gasteiger partial charge in [0.2, 0.25) is 0 Å². The van der Waals surface area contributed by atoms with Crippen LogP contribution in [0.2, 0.25) is 0 Å². The highest BCUT2D eigenvalue weighted by atomic mass is 79.9. The number of rotatable bonds is 3. The zero-order valence-corrected chi connectivity index (χ0v) is 10.3. The molecular weight excluding hydrogens is 319 g/mol. The van der Waals surface area contributed by atoms with Gasteiger partial charge >= 0.3 is 18.1 Å². The molecule has 0 aliphatic rings. The molecule has 0 fully saturated rings. The van der Waals surface area contributed by atoms with Crippen molar-refractivity contribution >= 4 is 33.5 Å². The van der Waals surface area contributed by atoms with Crippen LogP contribution in [-0.2, 0) is 9.59 Å². The van der Waals surface area contributed by atoms with E-state index in [2.05, 4.69) is 15.9 Å². The molecule has 0 atom stereocenters. The summed E-state index contributed by atoms with van der Waals surface area (Å²) in [6.07, 6.45) is -5.12. The maximum absolute atomic E-state index is 12.3. The standard InChI is InChI=1S/C10H7BrF3NO3/c11-6-1-3-7(4-2-6)15(5-8(16)17)9(18)10(12,13)14/h1-4H,5H2,(H,16,17). The molecule has 0 bridgehead atoms. The fourth-order valence-electron chi connectivity index (χ4n) is 1.19. The van der Waals surface area contributed by atoms with Crippen LogP contribution in [0.1, 0.15) is 0 Å². The van der Waals surface area contributed by atoms with E-state index in [9.17, 15) is 22.8 Å². The normalized spacial score (nSPS) is 11.1. The number of amides is 1. The number of halogens is 4. The second-order valence-corrected chi connectivity index (χ2v) is 4.17. The summed E-state index contributed by atoms with van der Waals surface area (Å²) in [6, 6.07) is 5.26. The molecule has 8 heteroatoms. The van der Waals surface area contributed by atoms with E-state index in [1.807, 2.05) is 0 Å². The lowest BCUT2D eigenvalue weighted by Crippen LogP contribution is -2.44. The van der Waals surface area contributed by atoms with Gasteiger partial charge in [-0.05, 0) is 24.3 Å². The van der Waals surface area contributed by atoms with Crippen LogP contribution in [0.3, 0.4) is 0 Å². The smallest absolute Gasteiger partial charge is 0.471 e. The Morgan fingerprint density at radius 1 is 1.22 bits per heavy atom. The van der Waals surface area contributed by atoms with E-state index in [1.54, 1.807) is 0 Å². The highest BCUT2D eigenvalue weighted by Gasteiger charge is 2.43. The highest BCUT2D eigenvalue weighted by Crippen LogP contribution is 2.24. The summed E-state index contributed by atoms with van der Waals surface area (Å²) in [6.45, 7) is -1.06. The molecule has 1 amide bonds. The number of carboxylic acid groups (broad SMARTS) is 1. The first kappa shape index (κ1) is 14.5. The number of carbonyl (C=O) groups excluding carboxylic acids is 1. The minimum absolute atomic E-state index is 0.136. The van der Waals surface area contributed by atoms with Gasteiger partial charge in [-0.2, -0.15) is 13.2 Å². The quantitative estimate of drug-likeness (QED) is 0.928. The SMILES string of the molecule is O=C(O)CN(C(=O)C(F)(F)F)c1ccc(Br)cc1. The number of hydrogen-bond donors (Lipinski definition) is 1. The fraction of sp³-hybridized carbons (Fsp3) is 0.200. The summed E-state index contributed by atoms with van der Waals surface area (Å²) in [4.78, 5) is 21.8. The third-order valence-electron chi connectivity index (χ3n) is 1.92. The molecule has 0 radical (unpaired) electrons. The first-order chi connectivity index (χ1) is 8.21. The molecule has 0 saturated carbocycles. The Balaban J connectivity index is 3.09. The predicted molar refractivity (Wildman–Crippen MR) is 60.2 cm³/mol. The first-order valence-corrected chi connectivity index (χ1v) is 5.37. The summed E-state index contributed by atoms with van der Waals surface area (Å²) in [5.74, 6) is -3.75. The van der Waals surface area contributed by atoms with Crippen molar-refractivity contribution in [2.24, 2.45) is 0 Å². The molecule has 0 aliphatic carbocycles. The molecule has 98 valence electrons. The molecule has 4 nitrogen and oxygen atoms in total. The van der Waals surface area contributed by atoms with Crippen molar-refractivity contribution in [2.45, 2.75) is 6.18 Å². The number of carbonyl (C=O) groups is 2. The van der Waals surface area contributed by atoms with Crippen LogP contribution in [0, 0.1) is 0 Å². The number of anilines is 1. The van der Waals surface area contributed by atoms with E-state index >= 15 is 0 Å². The lowest BCUT2D eigenvalue weighted by Gasteiger charge is -2.21. The van der Waals surface area contributed by atoms with Crippen molar-refractivity contribution in [3.8, 4) is 0 Å². The summed E-state index contributed by atoms with van der Waals surface area (Å²) in [7, 11) is 0. The summed E-state index contributed by atoms with van der Waals surface area (Å²) < 4.78 is 37.6. The van der Waals surface area contributed by atoms with Gasteiger partial charge in [0.05, 0.1) is 0 Å². The van der Waals surface area contributed by atoms with Crippen LogP contribution >= 0.6 is 15.9 Å². The Kier molecular flexibility index (Phi) is 4.33. The average molecular weight is 326 g/mol. The van der Waals surface area contributed by atoms with E-state index in [0.29, 0.717) is 4.47 Å². The zero-order chi connectivity index (χ0) is 13.9. The molecule has 1 rings (SSSR count). The van der Waals surface area contributed by atoms with Gasteiger partial charge in [-0.1, -0.05) is 15.9 Å². The van der Waals surface area contributed by atoms with Crippen molar-refractivity contribution in [1.82, 2.24) is 0 Å². The van der Waals surface area contributed by atoms with Gasteiger partial charge in [0, 0.05) is 10.2 Å². The second kappa shape index (κ2) is 5.38. The number of alkyl halides is 3. The van der Waals surface area contributed by atoms with E-state index in [1.165, 1.54) is 24.3 Å². The van der Waals surface area contributed by atoms with Crippen LogP contribution in [0.15, 0.2) is 28.7 Å². The van der Waals surface area contributed by atoms with Gasteiger partial charge in [0.1, 0.15) is 6.54 Å². The second-order valence-electron chi connectivity index (χ2n) is 3.26. The van der Waals surface area contributed by atoms with E-state index in [0.717, 1.165) is 0 Å². The highest BCUT2D eigenvalue weighted by molar-refractivity contribution is 9.10. The van der Waals surface area contributed by atoms with Crippen molar-refractivity contribution < 1.29 is 27.9 Å². The largest absolute Gasteiger partial charge is 0.480 e. The van der Waals surface area contributed by atoms with Gasteiger partial charge in [0.25, 0.3) is 0 Å². The van der Waals surface area contributed by atoms with Gasteiger partial charge in [-0.25, -0.2) is 0 Å². The number of hydrogen-bond acceptors (Lipinski definition) is 2. The Bertz CT molecular complexity index is 458. The van der Waals surface area contributed by atoms with Crippen LogP contribution in [-0.4, -0.2) is 29.7 Å². The van der Waals surface area contributed by atoms with Crippen LogP contribution in [0.5, 0.6) is 0 Å². The number of carboxylic acids is 1. The maximum atomic E-state index is 12.3. The first-order valence-electron chi connectivity index (χ1n) is 4.58. The lowest BCUT2D eigenvalue weighted by atomic mass is 10.2. The predicted octanol–water partition coefficient (Wildman–Crippen LogP) is 2.43. The van der Waals surface area contributed by atoms with Crippen molar-refractivity contribution in [1.29, 1.82) is 0 Å². The monoisotopic (exact) mass is 325 g/mol.